The van der Waals surface area contributed by atoms with E-state index < -0.39 is 6.03 Å². The van der Waals surface area contributed by atoms with Crippen LogP contribution in [0.2, 0.25) is 0 Å². The van der Waals surface area contributed by atoms with Crippen molar-refractivity contribution in [3.63, 3.8) is 0 Å². The zero-order valence-corrected chi connectivity index (χ0v) is 11.3. The number of carbonyl (C=O) groups excluding carboxylic acids is 2. The number of urea groups is 1. The first-order valence-electron chi connectivity index (χ1n) is 6.10. The topological polar surface area (TPSA) is 80.2 Å². The first-order valence-corrected chi connectivity index (χ1v) is 6.10. The SMILES string of the molecule is CCOc1ccc(/C=N/N2CC(=O)NC2=O)cc1OC. The van der Waals surface area contributed by atoms with Crippen molar-refractivity contribution in [2.24, 2.45) is 5.10 Å². The van der Waals surface area contributed by atoms with Gasteiger partial charge in [-0.15, -0.1) is 0 Å². The van der Waals surface area contributed by atoms with Crippen molar-refractivity contribution in [2.45, 2.75) is 6.92 Å². The third-order valence-corrected chi connectivity index (χ3v) is 2.61. The molecule has 1 N–H and O–H groups in total. The molecule has 7 heteroatoms. The van der Waals surface area contributed by atoms with E-state index >= 15 is 0 Å². The monoisotopic (exact) mass is 277 g/mol. The van der Waals surface area contributed by atoms with E-state index in [9.17, 15) is 9.59 Å². The van der Waals surface area contributed by atoms with Crippen LogP contribution in [0.15, 0.2) is 23.3 Å². The number of carbonyl (C=O) groups is 2. The summed E-state index contributed by atoms with van der Waals surface area (Å²) in [4.78, 5) is 22.3. The van der Waals surface area contributed by atoms with Gasteiger partial charge in [0.1, 0.15) is 6.54 Å². The Labute approximate surface area is 116 Å². The molecule has 0 aliphatic carbocycles. The number of nitrogens with zero attached hydrogens (tertiary/aromatic N) is 2. The summed E-state index contributed by atoms with van der Waals surface area (Å²) in [6, 6.07) is 4.76. The minimum absolute atomic E-state index is 0.0660. The number of hydrogen-bond donors (Lipinski definition) is 1. The van der Waals surface area contributed by atoms with E-state index in [1.807, 2.05) is 6.92 Å². The van der Waals surface area contributed by atoms with E-state index in [4.69, 9.17) is 9.47 Å². The Hall–Kier alpha value is -2.57. The molecule has 2 rings (SSSR count). The Morgan fingerprint density at radius 3 is 2.80 bits per heavy atom. The van der Waals surface area contributed by atoms with Gasteiger partial charge in [-0.3, -0.25) is 10.1 Å². The quantitative estimate of drug-likeness (QED) is 0.642. The maximum absolute atomic E-state index is 11.3. The molecule has 1 aromatic carbocycles. The molecular formula is C13H15N3O4. The fraction of sp³-hybridized carbons (Fsp3) is 0.308. The number of amides is 3. The number of nitrogens with one attached hydrogen (secondary N) is 1. The van der Waals surface area contributed by atoms with Crippen molar-refractivity contribution in [2.75, 3.05) is 20.3 Å². The van der Waals surface area contributed by atoms with Crippen LogP contribution in [0.25, 0.3) is 0 Å². The zero-order valence-electron chi connectivity index (χ0n) is 11.3. The number of ether oxygens (including phenoxy) is 2. The van der Waals surface area contributed by atoms with E-state index in [1.54, 1.807) is 25.3 Å². The second kappa shape index (κ2) is 6.05. The lowest BCUT2D eigenvalue weighted by Crippen LogP contribution is -2.24. The highest BCUT2D eigenvalue weighted by Gasteiger charge is 2.25. The molecule has 0 atom stereocenters. The average molecular weight is 277 g/mol. The molecule has 0 spiro atoms. The van der Waals surface area contributed by atoms with Gasteiger partial charge in [-0.2, -0.15) is 5.10 Å². The Morgan fingerprint density at radius 1 is 1.40 bits per heavy atom. The number of rotatable bonds is 5. The molecule has 1 fully saturated rings. The summed E-state index contributed by atoms with van der Waals surface area (Å²) in [7, 11) is 1.55. The summed E-state index contributed by atoms with van der Waals surface area (Å²) < 4.78 is 10.6. The summed E-state index contributed by atoms with van der Waals surface area (Å²) in [5.74, 6) is 0.857. The lowest BCUT2D eigenvalue weighted by Gasteiger charge is -2.09. The lowest BCUT2D eigenvalue weighted by molar-refractivity contribution is -0.118. The Balaban J connectivity index is 2.13. The van der Waals surface area contributed by atoms with E-state index in [-0.39, 0.29) is 12.5 Å². The van der Waals surface area contributed by atoms with Crippen molar-refractivity contribution < 1.29 is 19.1 Å². The third kappa shape index (κ3) is 3.05. The van der Waals surface area contributed by atoms with Crippen molar-refractivity contribution in [1.29, 1.82) is 0 Å². The highest BCUT2D eigenvalue weighted by molar-refractivity contribution is 6.02. The minimum Gasteiger partial charge on any atom is -0.493 e. The first kappa shape index (κ1) is 13.9. The molecule has 0 bridgehead atoms. The van der Waals surface area contributed by atoms with Crippen molar-refractivity contribution >= 4 is 18.2 Å². The average Bonchev–Trinajstić information content (AvgIpc) is 2.76. The van der Waals surface area contributed by atoms with Crippen LogP contribution in [0.3, 0.4) is 0 Å². The number of methoxy groups -OCH3 is 1. The molecule has 1 aromatic rings. The molecular weight excluding hydrogens is 262 g/mol. The van der Waals surface area contributed by atoms with Crippen LogP contribution in [0.1, 0.15) is 12.5 Å². The van der Waals surface area contributed by atoms with Gasteiger partial charge < -0.3 is 9.47 Å². The molecule has 3 amide bonds. The largest absolute Gasteiger partial charge is 0.493 e. The Kier molecular flexibility index (Phi) is 4.19. The molecule has 0 unspecified atom stereocenters. The normalized spacial score (nSPS) is 14.8. The third-order valence-electron chi connectivity index (χ3n) is 2.61. The smallest absolute Gasteiger partial charge is 0.344 e. The first-order chi connectivity index (χ1) is 9.63. The van der Waals surface area contributed by atoms with Gasteiger partial charge in [-0.05, 0) is 30.7 Å². The fourth-order valence-electron chi connectivity index (χ4n) is 1.70. The van der Waals surface area contributed by atoms with Gasteiger partial charge in [0.05, 0.1) is 19.9 Å². The predicted octanol–water partition coefficient (Wildman–Crippen LogP) is 0.980. The Morgan fingerprint density at radius 2 is 2.20 bits per heavy atom. The summed E-state index contributed by atoms with van der Waals surface area (Å²) in [5.41, 5.74) is 0.734. The number of hydrogen-bond acceptors (Lipinski definition) is 5. The molecule has 7 nitrogen and oxygen atoms in total. The van der Waals surface area contributed by atoms with E-state index in [0.29, 0.717) is 18.1 Å². The van der Waals surface area contributed by atoms with Crippen molar-refractivity contribution in [3.05, 3.63) is 23.8 Å². The molecule has 0 radical (unpaired) electrons. The van der Waals surface area contributed by atoms with Crippen LogP contribution < -0.4 is 14.8 Å². The molecule has 1 saturated heterocycles. The summed E-state index contributed by atoms with van der Waals surface area (Å²) in [6.45, 7) is 2.36. The molecule has 106 valence electrons. The molecule has 0 aromatic heterocycles. The summed E-state index contributed by atoms with van der Waals surface area (Å²) >= 11 is 0. The van der Waals surface area contributed by atoms with Crippen molar-refractivity contribution in [1.82, 2.24) is 10.3 Å². The molecule has 1 aliphatic rings. The van der Waals surface area contributed by atoms with Gasteiger partial charge in [0, 0.05) is 0 Å². The lowest BCUT2D eigenvalue weighted by atomic mass is 10.2. The number of hydrazone groups is 1. The maximum Gasteiger partial charge on any atom is 0.344 e. The summed E-state index contributed by atoms with van der Waals surface area (Å²) in [5, 5.41) is 7.16. The van der Waals surface area contributed by atoms with Crippen LogP contribution in [0.4, 0.5) is 4.79 Å². The Bertz CT molecular complexity index is 557. The van der Waals surface area contributed by atoms with Gasteiger partial charge >= 0.3 is 6.03 Å². The second-order valence-corrected chi connectivity index (χ2v) is 4.00. The van der Waals surface area contributed by atoms with Crippen LogP contribution in [-0.4, -0.2) is 43.4 Å². The minimum atomic E-state index is -0.524. The fourth-order valence-corrected chi connectivity index (χ4v) is 1.70. The molecule has 0 saturated carbocycles. The van der Waals surface area contributed by atoms with Crippen LogP contribution in [0, 0.1) is 0 Å². The van der Waals surface area contributed by atoms with Gasteiger partial charge in [-0.1, -0.05) is 0 Å². The van der Waals surface area contributed by atoms with Crippen LogP contribution in [0.5, 0.6) is 11.5 Å². The van der Waals surface area contributed by atoms with E-state index in [0.717, 1.165) is 10.6 Å². The van der Waals surface area contributed by atoms with Gasteiger partial charge in [0.25, 0.3) is 0 Å². The molecule has 1 heterocycles. The predicted molar refractivity (Wildman–Crippen MR) is 72.0 cm³/mol. The summed E-state index contributed by atoms with van der Waals surface area (Å²) in [6.07, 6.45) is 1.48. The van der Waals surface area contributed by atoms with Crippen LogP contribution in [-0.2, 0) is 4.79 Å². The molecule has 20 heavy (non-hydrogen) atoms. The second-order valence-electron chi connectivity index (χ2n) is 4.00. The van der Waals surface area contributed by atoms with Gasteiger partial charge in [-0.25, -0.2) is 9.80 Å². The molecule has 1 aliphatic heterocycles. The number of benzene rings is 1. The highest BCUT2D eigenvalue weighted by atomic mass is 16.5. The highest BCUT2D eigenvalue weighted by Crippen LogP contribution is 2.27. The number of imide groups is 1. The van der Waals surface area contributed by atoms with Gasteiger partial charge in [0.2, 0.25) is 5.91 Å². The standard InChI is InChI=1S/C13H15N3O4/c1-3-20-10-5-4-9(6-11(10)19-2)7-14-16-8-12(17)15-13(16)18/h4-7H,3,8H2,1-2H3,(H,15,17,18)/b14-7+. The van der Waals surface area contributed by atoms with Crippen molar-refractivity contribution in [3.8, 4) is 11.5 Å². The van der Waals surface area contributed by atoms with Crippen LogP contribution >= 0.6 is 0 Å². The van der Waals surface area contributed by atoms with Gasteiger partial charge in [0.15, 0.2) is 11.5 Å². The zero-order chi connectivity index (χ0) is 14.5. The maximum atomic E-state index is 11.3. The van der Waals surface area contributed by atoms with E-state index in [1.165, 1.54) is 6.21 Å². The van der Waals surface area contributed by atoms with E-state index in [2.05, 4.69) is 10.4 Å².